The summed E-state index contributed by atoms with van der Waals surface area (Å²) in [6.07, 6.45) is 0. The fraction of sp³-hybridized carbons (Fsp3) is 0.278. The highest BCUT2D eigenvalue weighted by Crippen LogP contribution is 2.29. The van der Waals surface area contributed by atoms with Gasteiger partial charge in [0.15, 0.2) is 0 Å². The van der Waals surface area contributed by atoms with E-state index >= 15 is 0 Å². The molecule has 2 rings (SSSR count). The summed E-state index contributed by atoms with van der Waals surface area (Å²) in [6, 6.07) is 4.38. The van der Waals surface area contributed by atoms with Crippen LogP contribution in [0.3, 0.4) is 0 Å². The second-order valence-electron chi connectivity index (χ2n) is 5.58. The number of carboxylic acid groups (broad SMARTS) is 1. The molecule has 138 valence electrons. The lowest BCUT2D eigenvalue weighted by molar-refractivity contribution is 0.0527. The van der Waals surface area contributed by atoms with Gasteiger partial charge in [-0.25, -0.2) is 9.59 Å². The Morgan fingerprint density at radius 1 is 1.23 bits per heavy atom. The second kappa shape index (κ2) is 7.30. The molecule has 0 aliphatic carbocycles. The zero-order valence-corrected chi connectivity index (χ0v) is 15.0. The maximum Gasteiger partial charge on any atom is 0.341 e. The average Bonchev–Trinajstić information content (AvgIpc) is 2.57. The SMILES string of the molecule is CCOC(=O)c1cc(C(=O)O)c(=O)n(-c2c(C)ccc(OC)c2C)c1N. The van der Waals surface area contributed by atoms with Crippen molar-refractivity contribution >= 4 is 17.8 Å². The molecule has 0 unspecified atom stereocenters. The second-order valence-corrected chi connectivity index (χ2v) is 5.58. The molecule has 1 aromatic heterocycles. The minimum absolute atomic E-state index is 0.0804. The van der Waals surface area contributed by atoms with E-state index in [-0.39, 0.29) is 18.0 Å². The number of pyridine rings is 1. The molecular weight excluding hydrogens is 340 g/mol. The highest BCUT2D eigenvalue weighted by molar-refractivity contribution is 5.98. The van der Waals surface area contributed by atoms with Crippen LogP contribution in [0.1, 0.15) is 38.8 Å². The smallest absolute Gasteiger partial charge is 0.341 e. The number of aryl methyl sites for hydroxylation is 1. The van der Waals surface area contributed by atoms with Crippen LogP contribution >= 0.6 is 0 Å². The van der Waals surface area contributed by atoms with Crippen molar-refractivity contribution in [3.05, 3.63) is 50.8 Å². The lowest BCUT2D eigenvalue weighted by Crippen LogP contribution is -2.30. The van der Waals surface area contributed by atoms with Gasteiger partial charge in [-0.15, -0.1) is 0 Å². The summed E-state index contributed by atoms with van der Waals surface area (Å²) in [4.78, 5) is 36.5. The first-order chi connectivity index (χ1) is 12.2. The van der Waals surface area contributed by atoms with E-state index < -0.39 is 23.1 Å². The van der Waals surface area contributed by atoms with Crippen molar-refractivity contribution in [3.8, 4) is 11.4 Å². The van der Waals surface area contributed by atoms with Crippen molar-refractivity contribution in [2.75, 3.05) is 19.5 Å². The summed E-state index contributed by atoms with van der Waals surface area (Å²) in [5, 5.41) is 9.37. The summed E-state index contributed by atoms with van der Waals surface area (Å²) in [5.41, 5.74) is 6.07. The Labute approximate surface area is 149 Å². The van der Waals surface area contributed by atoms with Gasteiger partial charge in [0.05, 0.1) is 19.4 Å². The number of benzene rings is 1. The highest BCUT2D eigenvalue weighted by atomic mass is 16.5. The monoisotopic (exact) mass is 360 g/mol. The van der Waals surface area contributed by atoms with E-state index in [1.807, 2.05) is 0 Å². The number of aromatic nitrogens is 1. The fourth-order valence-corrected chi connectivity index (χ4v) is 2.76. The van der Waals surface area contributed by atoms with E-state index in [0.29, 0.717) is 22.6 Å². The number of ether oxygens (including phenoxy) is 2. The van der Waals surface area contributed by atoms with Crippen molar-refractivity contribution in [3.63, 3.8) is 0 Å². The number of anilines is 1. The van der Waals surface area contributed by atoms with Gasteiger partial charge in [0.25, 0.3) is 5.56 Å². The van der Waals surface area contributed by atoms with Gasteiger partial charge >= 0.3 is 11.9 Å². The van der Waals surface area contributed by atoms with E-state index in [1.165, 1.54) is 7.11 Å². The number of methoxy groups -OCH3 is 1. The molecule has 0 amide bonds. The van der Waals surface area contributed by atoms with E-state index in [4.69, 9.17) is 15.2 Å². The van der Waals surface area contributed by atoms with Crippen molar-refractivity contribution in [1.29, 1.82) is 0 Å². The standard InChI is InChI=1S/C18H20N2O6/c1-5-26-18(24)11-8-12(17(22)23)16(21)20(15(11)19)14-9(2)6-7-13(25-4)10(14)3/h6-8H,5,19H2,1-4H3,(H,22,23). The lowest BCUT2D eigenvalue weighted by Gasteiger charge is -2.19. The van der Waals surface area contributed by atoms with Gasteiger partial charge in [0.2, 0.25) is 0 Å². The quantitative estimate of drug-likeness (QED) is 0.781. The molecule has 0 spiro atoms. The van der Waals surface area contributed by atoms with Crippen LogP contribution in [-0.2, 0) is 4.74 Å². The van der Waals surface area contributed by atoms with Crippen molar-refractivity contribution < 1.29 is 24.2 Å². The number of carbonyl (C=O) groups excluding carboxylic acids is 1. The molecule has 26 heavy (non-hydrogen) atoms. The third-order valence-corrected chi connectivity index (χ3v) is 3.99. The third-order valence-electron chi connectivity index (χ3n) is 3.99. The van der Waals surface area contributed by atoms with Crippen LogP contribution in [0.4, 0.5) is 5.82 Å². The van der Waals surface area contributed by atoms with Crippen LogP contribution < -0.4 is 16.0 Å². The predicted octanol–water partition coefficient (Wildman–Crippen LogP) is 1.92. The number of aromatic carboxylic acids is 1. The van der Waals surface area contributed by atoms with Crippen molar-refractivity contribution in [2.45, 2.75) is 20.8 Å². The minimum atomic E-state index is -1.47. The van der Waals surface area contributed by atoms with Gasteiger partial charge in [0, 0.05) is 5.56 Å². The largest absolute Gasteiger partial charge is 0.496 e. The Morgan fingerprint density at radius 2 is 1.88 bits per heavy atom. The molecule has 1 heterocycles. The Kier molecular flexibility index (Phi) is 5.35. The third kappa shape index (κ3) is 3.13. The van der Waals surface area contributed by atoms with E-state index in [2.05, 4.69) is 0 Å². The molecule has 0 atom stereocenters. The number of hydrogen-bond acceptors (Lipinski definition) is 6. The van der Waals surface area contributed by atoms with Gasteiger partial charge < -0.3 is 20.3 Å². The lowest BCUT2D eigenvalue weighted by atomic mass is 10.1. The van der Waals surface area contributed by atoms with Gasteiger partial charge in [-0.3, -0.25) is 9.36 Å². The molecule has 0 saturated carbocycles. The first-order valence-corrected chi connectivity index (χ1v) is 7.85. The maximum atomic E-state index is 12.8. The Bertz CT molecular complexity index is 946. The first kappa shape index (κ1) is 19.0. The minimum Gasteiger partial charge on any atom is -0.496 e. The van der Waals surface area contributed by atoms with Crippen LogP contribution in [0.25, 0.3) is 5.69 Å². The molecule has 0 saturated heterocycles. The molecule has 0 fully saturated rings. The summed E-state index contributed by atoms with van der Waals surface area (Å²) < 4.78 is 11.2. The van der Waals surface area contributed by atoms with Gasteiger partial charge in [-0.1, -0.05) is 6.07 Å². The number of nitrogen functional groups attached to an aromatic ring is 1. The van der Waals surface area contributed by atoms with Crippen LogP contribution in [0.2, 0.25) is 0 Å². The summed E-state index contributed by atoms with van der Waals surface area (Å²) in [6.45, 7) is 5.14. The molecule has 3 N–H and O–H groups in total. The number of nitrogens with two attached hydrogens (primary N) is 1. The first-order valence-electron chi connectivity index (χ1n) is 7.85. The van der Waals surface area contributed by atoms with E-state index in [1.54, 1.807) is 32.9 Å². The Hall–Kier alpha value is -3.29. The summed E-state index contributed by atoms with van der Waals surface area (Å²) in [5.74, 6) is -1.97. The molecule has 0 aliphatic heterocycles. The summed E-state index contributed by atoms with van der Waals surface area (Å²) in [7, 11) is 1.48. The number of carbonyl (C=O) groups is 2. The number of esters is 1. The molecule has 0 radical (unpaired) electrons. The normalized spacial score (nSPS) is 10.5. The van der Waals surface area contributed by atoms with Gasteiger partial charge in [-0.05, 0) is 38.5 Å². The van der Waals surface area contributed by atoms with Crippen molar-refractivity contribution in [1.82, 2.24) is 4.57 Å². The maximum absolute atomic E-state index is 12.8. The molecule has 0 aliphatic rings. The summed E-state index contributed by atoms with van der Waals surface area (Å²) >= 11 is 0. The Balaban J connectivity index is 2.96. The zero-order valence-electron chi connectivity index (χ0n) is 15.0. The Morgan fingerprint density at radius 3 is 2.42 bits per heavy atom. The zero-order chi connectivity index (χ0) is 19.6. The fourth-order valence-electron chi connectivity index (χ4n) is 2.76. The van der Waals surface area contributed by atoms with Crippen LogP contribution in [0.15, 0.2) is 23.0 Å². The van der Waals surface area contributed by atoms with Crippen LogP contribution in [0.5, 0.6) is 5.75 Å². The number of nitrogens with zero attached hydrogens (tertiary/aromatic N) is 1. The van der Waals surface area contributed by atoms with Gasteiger partial charge in [-0.2, -0.15) is 0 Å². The molecule has 2 aromatic rings. The van der Waals surface area contributed by atoms with E-state index in [9.17, 15) is 19.5 Å². The topological polar surface area (TPSA) is 121 Å². The van der Waals surface area contributed by atoms with Crippen LogP contribution in [0, 0.1) is 13.8 Å². The van der Waals surface area contributed by atoms with E-state index in [0.717, 1.165) is 10.6 Å². The molecule has 8 nitrogen and oxygen atoms in total. The molecular formula is C18H20N2O6. The average molecular weight is 360 g/mol. The van der Waals surface area contributed by atoms with Gasteiger partial charge in [0.1, 0.15) is 22.7 Å². The van der Waals surface area contributed by atoms with Crippen LogP contribution in [-0.4, -0.2) is 35.3 Å². The molecule has 1 aromatic carbocycles. The molecule has 0 bridgehead atoms. The number of carboxylic acids is 1. The molecule has 8 heteroatoms. The predicted molar refractivity (Wildman–Crippen MR) is 95.4 cm³/mol. The number of rotatable bonds is 5. The highest BCUT2D eigenvalue weighted by Gasteiger charge is 2.25. The number of hydrogen-bond donors (Lipinski definition) is 2. The van der Waals surface area contributed by atoms with Crippen molar-refractivity contribution in [2.24, 2.45) is 0 Å².